The van der Waals surface area contributed by atoms with E-state index in [1.165, 1.54) is 24.3 Å². The zero-order chi connectivity index (χ0) is 11.3. The molecule has 0 saturated carbocycles. The Morgan fingerprint density at radius 1 is 1.33 bits per heavy atom. The van der Waals surface area contributed by atoms with Gasteiger partial charge in [0.05, 0.1) is 6.54 Å². The van der Waals surface area contributed by atoms with Crippen LogP contribution in [0.2, 0.25) is 0 Å². The monoisotopic (exact) mass is 217 g/mol. The van der Waals surface area contributed by atoms with Crippen LogP contribution in [0.5, 0.6) is 5.75 Å². The quantitative estimate of drug-likeness (QED) is 0.576. The molecule has 6 heteroatoms. The van der Waals surface area contributed by atoms with Gasteiger partial charge >= 0.3 is 6.36 Å². The number of ether oxygens (including phenoxy) is 1. The van der Waals surface area contributed by atoms with E-state index in [0.717, 1.165) is 6.07 Å². The SMILES string of the molecule is O=C=NCc1ccccc1OC(F)(F)F. The number of aliphatic imine (C=N–C) groups is 1. The van der Waals surface area contributed by atoms with Crippen LogP contribution in [0.1, 0.15) is 5.56 Å². The predicted octanol–water partition coefficient (Wildman–Crippen LogP) is 2.42. The van der Waals surface area contributed by atoms with E-state index < -0.39 is 6.36 Å². The molecule has 3 nitrogen and oxygen atoms in total. The first-order chi connectivity index (χ1) is 7.03. The van der Waals surface area contributed by atoms with Gasteiger partial charge in [0.25, 0.3) is 0 Å². The van der Waals surface area contributed by atoms with Crippen molar-refractivity contribution < 1.29 is 22.7 Å². The Morgan fingerprint density at radius 2 is 2.00 bits per heavy atom. The molecule has 1 rings (SSSR count). The summed E-state index contributed by atoms with van der Waals surface area (Å²) in [4.78, 5) is 13.0. The average molecular weight is 217 g/mol. The first-order valence-electron chi connectivity index (χ1n) is 3.90. The van der Waals surface area contributed by atoms with Gasteiger partial charge in [-0.3, -0.25) is 0 Å². The Balaban J connectivity index is 2.90. The van der Waals surface area contributed by atoms with Crippen LogP contribution < -0.4 is 4.74 Å². The van der Waals surface area contributed by atoms with Gasteiger partial charge in [0.1, 0.15) is 5.75 Å². The molecule has 0 aliphatic rings. The molecule has 1 aromatic rings. The fraction of sp³-hybridized carbons (Fsp3) is 0.222. The fourth-order valence-electron chi connectivity index (χ4n) is 0.976. The average Bonchev–Trinajstić information content (AvgIpc) is 2.14. The van der Waals surface area contributed by atoms with E-state index >= 15 is 0 Å². The molecule has 0 aliphatic heterocycles. The van der Waals surface area contributed by atoms with Crippen molar-refractivity contribution in [1.82, 2.24) is 0 Å². The van der Waals surface area contributed by atoms with Gasteiger partial charge in [0.15, 0.2) is 0 Å². The summed E-state index contributed by atoms with van der Waals surface area (Å²) < 4.78 is 39.5. The highest BCUT2D eigenvalue weighted by Gasteiger charge is 2.31. The molecule has 0 atom stereocenters. The Bertz CT molecular complexity index is 383. The molecule has 0 saturated heterocycles. The van der Waals surface area contributed by atoms with Crippen LogP contribution in [0.25, 0.3) is 0 Å². The van der Waals surface area contributed by atoms with E-state index in [1.54, 1.807) is 0 Å². The lowest BCUT2D eigenvalue weighted by Gasteiger charge is -2.11. The number of alkyl halides is 3. The molecule has 80 valence electrons. The topological polar surface area (TPSA) is 38.7 Å². The Morgan fingerprint density at radius 3 is 2.60 bits per heavy atom. The molecule has 0 radical (unpaired) electrons. The van der Waals surface area contributed by atoms with Gasteiger partial charge in [-0.05, 0) is 6.07 Å². The van der Waals surface area contributed by atoms with Crippen molar-refractivity contribution in [2.45, 2.75) is 12.9 Å². The summed E-state index contributed by atoms with van der Waals surface area (Å²) in [7, 11) is 0. The van der Waals surface area contributed by atoms with E-state index in [9.17, 15) is 18.0 Å². The minimum Gasteiger partial charge on any atom is -0.405 e. The second kappa shape index (κ2) is 4.61. The molecule has 0 bridgehead atoms. The maximum absolute atomic E-state index is 11.9. The summed E-state index contributed by atoms with van der Waals surface area (Å²) >= 11 is 0. The lowest BCUT2D eigenvalue weighted by Crippen LogP contribution is -2.18. The third-order valence-electron chi connectivity index (χ3n) is 1.51. The number of nitrogens with zero attached hydrogens (tertiary/aromatic N) is 1. The van der Waals surface area contributed by atoms with Gasteiger partial charge in [-0.15, -0.1) is 13.2 Å². The van der Waals surface area contributed by atoms with Crippen molar-refractivity contribution in [1.29, 1.82) is 0 Å². The minimum absolute atomic E-state index is 0.179. The molecule has 0 unspecified atom stereocenters. The first-order valence-corrected chi connectivity index (χ1v) is 3.90. The molecule has 0 fully saturated rings. The largest absolute Gasteiger partial charge is 0.573 e. The van der Waals surface area contributed by atoms with Crippen molar-refractivity contribution >= 4 is 6.08 Å². The molecular weight excluding hydrogens is 211 g/mol. The lowest BCUT2D eigenvalue weighted by molar-refractivity contribution is -0.274. The highest BCUT2D eigenvalue weighted by molar-refractivity contribution is 5.37. The second-order valence-electron chi connectivity index (χ2n) is 2.56. The van der Waals surface area contributed by atoms with Crippen LogP contribution in [-0.2, 0) is 11.3 Å². The smallest absolute Gasteiger partial charge is 0.405 e. The molecule has 15 heavy (non-hydrogen) atoms. The van der Waals surface area contributed by atoms with Crippen molar-refractivity contribution in [3.63, 3.8) is 0 Å². The van der Waals surface area contributed by atoms with Gasteiger partial charge in [0.2, 0.25) is 6.08 Å². The zero-order valence-corrected chi connectivity index (χ0v) is 7.41. The van der Waals surface area contributed by atoms with Crippen molar-refractivity contribution in [2.75, 3.05) is 0 Å². The third kappa shape index (κ3) is 3.83. The van der Waals surface area contributed by atoms with Crippen molar-refractivity contribution in [3.05, 3.63) is 29.8 Å². The van der Waals surface area contributed by atoms with Gasteiger partial charge in [-0.25, -0.2) is 9.79 Å². The van der Waals surface area contributed by atoms with Crippen LogP contribution in [0.3, 0.4) is 0 Å². The minimum atomic E-state index is -4.75. The number of carbonyl (C=O) groups excluding carboxylic acids is 1. The molecule has 0 amide bonds. The van der Waals surface area contributed by atoms with E-state index in [0.29, 0.717) is 0 Å². The van der Waals surface area contributed by atoms with Gasteiger partial charge in [-0.2, -0.15) is 0 Å². The van der Waals surface area contributed by atoms with Gasteiger partial charge in [0, 0.05) is 5.56 Å². The molecular formula is C9H6F3NO2. The van der Waals surface area contributed by atoms with Crippen LogP contribution in [0.15, 0.2) is 29.3 Å². The van der Waals surface area contributed by atoms with E-state index in [2.05, 4.69) is 9.73 Å². The number of rotatable bonds is 3. The normalized spacial score (nSPS) is 10.6. The molecule has 0 aromatic heterocycles. The molecule has 1 aromatic carbocycles. The summed E-state index contributed by atoms with van der Waals surface area (Å²) in [6.07, 6.45) is -3.50. The number of benzene rings is 1. The van der Waals surface area contributed by atoms with Gasteiger partial charge in [-0.1, -0.05) is 18.2 Å². The lowest BCUT2D eigenvalue weighted by atomic mass is 10.2. The highest BCUT2D eigenvalue weighted by Crippen LogP contribution is 2.26. The zero-order valence-electron chi connectivity index (χ0n) is 7.41. The Kier molecular flexibility index (Phi) is 3.46. The number of isocyanates is 1. The number of hydrogen-bond donors (Lipinski definition) is 0. The van der Waals surface area contributed by atoms with Crippen LogP contribution in [0.4, 0.5) is 13.2 Å². The van der Waals surface area contributed by atoms with E-state index in [1.807, 2.05) is 0 Å². The van der Waals surface area contributed by atoms with E-state index in [4.69, 9.17) is 0 Å². The summed E-state index contributed by atoms with van der Waals surface area (Å²) in [6.45, 7) is -0.185. The maximum atomic E-state index is 11.9. The molecule has 0 heterocycles. The highest BCUT2D eigenvalue weighted by atomic mass is 19.4. The summed E-state index contributed by atoms with van der Waals surface area (Å²) in [5, 5.41) is 0. The fourth-order valence-corrected chi connectivity index (χ4v) is 0.976. The first kappa shape index (κ1) is 11.3. The van der Waals surface area contributed by atoms with Crippen LogP contribution >= 0.6 is 0 Å². The summed E-state index contributed by atoms with van der Waals surface area (Å²) in [6, 6.07) is 5.47. The summed E-state index contributed by atoms with van der Waals surface area (Å²) in [5.41, 5.74) is 0.179. The second-order valence-corrected chi connectivity index (χ2v) is 2.56. The van der Waals surface area contributed by atoms with Crippen LogP contribution in [-0.4, -0.2) is 12.4 Å². The predicted molar refractivity (Wildman–Crippen MR) is 45.0 cm³/mol. The Labute approximate surface area is 83.2 Å². The number of halogens is 3. The maximum Gasteiger partial charge on any atom is 0.573 e. The van der Waals surface area contributed by atoms with Crippen molar-refractivity contribution in [2.24, 2.45) is 4.99 Å². The molecule has 0 spiro atoms. The third-order valence-corrected chi connectivity index (χ3v) is 1.51. The Hall–Kier alpha value is -1.81. The molecule has 0 N–H and O–H groups in total. The number of hydrogen-bond acceptors (Lipinski definition) is 3. The summed E-state index contributed by atoms with van der Waals surface area (Å²) in [5.74, 6) is -0.357. The molecule has 0 aliphatic carbocycles. The van der Waals surface area contributed by atoms with Gasteiger partial charge < -0.3 is 4.74 Å². The van der Waals surface area contributed by atoms with Crippen LogP contribution in [0, 0.1) is 0 Å². The van der Waals surface area contributed by atoms with Crippen molar-refractivity contribution in [3.8, 4) is 5.75 Å². The standard InChI is InChI=1S/C9H6F3NO2/c10-9(11,12)15-8-4-2-1-3-7(8)5-13-6-14/h1-4H,5H2. The van der Waals surface area contributed by atoms with E-state index in [-0.39, 0.29) is 17.9 Å². The number of para-hydroxylation sites is 1.